The third-order valence-corrected chi connectivity index (χ3v) is 3.36. The molecule has 0 aliphatic carbocycles. The van der Waals surface area contributed by atoms with Gasteiger partial charge in [-0.2, -0.15) is 0 Å². The molecule has 1 aliphatic heterocycles. The van der Waals surface area contributed by atoms with Crippen LogP contribution in [0, 0.1) is 0 Å². The van der Waals surface area contributed by atoms with E-state index in [1.807, 2.05) is 18.2 Å². The molecule has 82 valence electrons. The van der Waals surface area contributed by atoms with Crippen LogP contribution < -0.4 is 10.6 Å². The monoisotopic (exact) mass is 224 g/mol. The van der Waals surface area contributed by atoms with Gasteiger partial charge < -0.3 is 10.6 Å². The number of hydrogen-bond donors (Lipinski definition) is 1. The van der Waals surface area contributed by atoms with Crippen molar-refractivity contribution < 1.29 is 0 Å². The second-order valence-electron chi connectivity index (χ2n) is 4.02. The van der Waals surface area contributed by atoms with Crippen molar-refractivity contribution in [1.29, 1.82) is 0 Å². The van der Waals surface area contributed by atoms with Crippen molar-refractivity contribution in [1.82, 2.24) is 0 Å². The Morgan fingerprint density at radius 2 is 2.20 bits per heavy atom. The molecule has 2 N–H and O–H groups in total. The van der Waals surface area contributed by atoms with Gasteiger partial charge in [0.25, 0.3) is 0 Å². The summed E-state index contributed by atoms with van der Waals surface area (Å²) in [5.41, 5.74) is 6.79. The van der Waals surface area contributed by atoms with Gasteiger partial charge in [-0.15, -0.1) is 0 Å². The van der Waals surface area contributed by atoms with Crippen molar-refractivity contribution in [2.75, 3.05) is 18.0 Å². The minimum absolute atomic E-state index is 0.579. The van der Waals surface area contributed by atoms with Gasteiger partial charge >= 0.3 is 0 Å². The molecule has 2 rings (SSSR count). The summed E-state index contributed by atoms with van der Waals surface area (Å²) in [7, 11) is 0. The zero-order valence-electron chi connectivity index (χ0n) is 8.82. The lowest BCUT2D eigenvalue weighted by atomic mass is 10.1. The van der Waals surface area contributed by atoms with Crippen molar-refractivity contribution in [3.63, 3.8) is 0 Å². The van der Waals surface area contributed by atoms with Crippen molar-refractivity contribution in [2.45, 2.75) is 25.3 Å². The molecule has 0 spiro atoms. The highest BCUT2D eigenvalue weighted by Crippen LogP contribution is 2.32. The molecule has 1 atom stereocenters. The third-order valence-electron chi connectivity index (χ3n) is 3.04. The molecule has 1 heterocycles. The minimum Gasteiger partial charge on any atom is -0.367 e. The highest BCUT2D eigenvalue weighted by atomic mass is 35.5. The number of nitrogens with zero attached hydrogens (tertiary/aromatic N) is 1. The Hall–Kier alpha value is -0.730. The minimum atomic E-state index is 0.579. The summed E-state index contributed by atoms with van der Waals surface area (Å²) in [5, 5.41) is 0.849. The van der Waals surface area contributed by atoms with Gasteiger partial charge in [0.1, 0.15) is 0 Å². The summed E-state index contributed by atoms with van der Waals surface area (Å²) in [6.07, 6.45) is 3.55. The molecule has 15 heavy (non-hydrogen) atoms. The topological polar surface area (TPSA) is 29.3 Å². The number of rotatable bonds is 3. The maximum absolute atomic E-state index is 6.20. The Labute approximate surface area is 96.0 Å². The summed E-state index contributed by atoms with van der Waals surface area (Å²) in [4.78, 5) is 2.40. The lowest BCUT2D eigenvalue weighted by Crippen LogP contribution is -2.31. The molecule has 1 fully saturated rings. The van der Waals surface area contributed by atoms with E-state index in [1.54, 1.807) is 0 Å². The van der Waals surface area contributed by atoms with Gasteiger partial charge in [-0.25, -0.2) is 0 Å². The number of nitrogens with two attached hydrogens (primary N) is 1. The second kappa shape index (κ2) is 4.86. The van der Waals surface area contributed by atoms with Gasteiger partial charge in [-0.3, -0.25) is 0 Å². The molecule has 1 aromatic carbocycles. The lowest BCUT2D eigenvalue weighted by molar-refractivity contribution is 0.618. The normalized spacial score (nSPS) is 20.9. The largest absolute Gasteiger partial charge is 0.367 e. The van der Waals surface area contributed by atoms with Crippen molar-refractivity contribution in [2.24, 2.45) is 5.73 Å². The molecule has 1 aliphatic rings. The Morgan fingerprint density at radius 3 is 2.93 bits per heavy atom. The molecule has 0 radical (unpaired) electrons. The Bertz CT molecular complexity index is 327. The predicted molar refractivity (Wildman–Crippen MR) is 65.5 cm³/mol. The van der Waals surface area contributed by atoms with Crippen LogP contribution in [-0.2, 0) is 0 Å². The third kappa shape index (κ3) is 2.27. The van der Waals surface area contributed by atoms with Gasteiger partial charge in [0.2, 0.25) is 0 Å². The van der Waals surface area contributed by atoms with Crippen LogP contribution in [0.3, 0.4) is 0 Å². The summed E-state index contributed by atoms with van der Waals surface area (Å²) >= 11 is 6.20. The van der Waals surface area contributed by atoms with E-state index in [1.165, 1.54) is 12.8 Å². The van der Waals surface area contributed by atoms with Gasteiger partial charge in [0, 0.05) is 12.6 Å². The van der Waals surface area contributed by atoms with Crippen LogP contribution in [0.1, 0.15) is 19.3 Å². The average Bonchev–Trinajstić information content (AvgIpc) is 2.67. The molecule has 1 aromatic rings. The fourth-order valence-electron chi connectivity index (χ4n) is 2.33. The molecule has 0 saturated carbocycles. The summed E-state index contributed by atoms with van der Waals surface area (Å²) in [6, 6.07) is 8.64. The van der Waals surface area contributed by atoms with E-state index in [-0.39, 0.29) is 0 Å². The zero-order chi connectivity index (χ0) is 10.7. The molecule has 1 unspecified atom stereocenters. The first-order valence-corrected chi connectivity index (χ1v) is 5.92. The van der Waals surface area contributed by atoms with Gasteiger partial charge in [0.05, 0.1) is 10.7 Å². The number of anilines is 1. The molecule has 1 saturated heterocycles. The summed E-state index contributed by atoms with van der Waals surface area (Å²) in [5.74, 6) is 0. The predicted octanol–water partition coefficient (Wildman–Crippen LogP) is 2.66. The van der Waals surface area contributed by atoms with Crippen molar-refractivity contribution in [3.05, 3.63) is 29.3 Å². The molecular weight excluding hydrogens is 208 g/mol. The van der Waals surface area contributed by atoms with Gasteiger partial charge in [-0.05, 0) is 37.9 Å². The first kappa shape index (κ1) is 10.8. The Balaban J connectivity index is 2.19. The standard InChI is InChI=1S/C12H17ClN2/c13-11-5-1-2-6-12(11)15-9-3-4-10(15)7-8-14/h1-2,5-6,10H,3-4,7-9,14H2. The first-order chi connectivity index (χ1) is 7.33. The summed E-state index contributed by atoms with van der Waals surface area (Å²) in [6.45, 7) is 1.86. The SMILES string of the molecule is NCCC1CCCN1c1ccccc1Cl. The van der Waals surface area contributed by atoms with Gasteiger partial charge in [-0.1, -0.05) is 23.7 Å². The molecule has 2 nitrogen and oxygen atoms in total. The highest BCUT2D eigenvalue weighted by Gasteiger charge is 2.24. The van der Waals surface area contributed by atoms with Crippen LogP contribution in [0.2, 0.25) is 5.02 Å². The summed E-state index contributed by atoms with van der Waals surface area (Å²) < 4.78 is 0. The maximum atomic E-state index is 6.20. The van der Waals surface area contributed by atoms with Gasteiger partial charge in [0.15, 0.2) is 0 Å². The van der Waals surface area contributed by atoms with Crippen LogP contribution in [-0.4, -0.2) is 19.1 Å². The van der Waals surface area contributed by atoms with Crippen molar-refractivity contribution >= 4 is 17.3 Å². The van der Waals surface area contributed by atoms with Crippen LogP contribution in [0.25, 0.3) is 0 Å². The number of para-hydroxylation sites is 1. The smallest absolute Gasteiger partial charge is 0.0639 e. The molecule has 0 aromatic heterocycles. The number of hydrogen-bond acceptors (Lipinski definition) is 2. The van der Waals surface area contributed by atoms with Crippen LogP contribution in [0.5, 0.6) is 0 Å². The fraction of sp³-hybridized carbons (Fsp3) is 0.500. The van der Waals surface area contributed by atoms with Crippen molar-refractivity contribution in [3.8, 4) is 0 Å². The van der Waals surface area contributed by atoms with E-state index >= 15 is 0 Å². The van der Waals surface area contributed by atoms with Crippen LogP contribution in [0.4, 0.5) is 5.69 Å². The van der Waals surface area contributed by atoms with E-state index in [2.05, 4.69) is 11.0 Å². The second-order valence-corrected chi connectivity index (χ2v) is 4.43. The van der Waals surface area contributed by atoms with E-state index in [0.29, 0.717) is 6.04 Å². The van der Waals surface area contributed by atoms with Crippen LogP contribution >= 0.6 is 11.6 Å². The molecule has 0 amide bonds. The quantitative estimate of drug-likeness (QED) is 0.856. The van der Waals surface area contributed by atoms with E-state index in [0.717, 1.165) is 30.2 Å². The Kier molecular flexibility index (Phi) is 3.49. The molecule has 3 heteroatoms. The zero-order valence-corrected chi connectivity index (χ0v) is 9.58. The number of benzene rings is 1. The van der Waals surface area contributed by atoms with E-state index < -0.39 is 0 Å². The fourth-order valence-corrected chi connectivity index (χ4v) is 2.57. The highest BCUT2D eigenvalue weighted by molar-refractivity contribution is 6.33. The number of halogens is 1. The molecule has 0 bridgehead atoms. The average molecular weight is 225 g/mol. The maximum Gasteiger partial charge on any atom is 0.0639 e. The van der Waals surface area contributed by atoms with Crippen LogP contribution in [0.15, 0.2) is 24.3 Å². The Morgan fingerprint density at radius 1 is 1.40 bits per heavy atom. The lowest BCUT2D eigenvalue weighted by Gasteiger charge is -2.27. The van der Waals surface area contributed by atoms with E-state index in [4.69, 9.17) is 17.3 Å². The van der Waals surface area contributed by atoms with E-state index in [9.17, 15) is 0 Å². The first-order valence-electron chi connectivity index (χ1n) is 5.54. The molecular formula is C12H17ClN2.